The molecule has 42 heteroatoms. The minimum Gasteiger partial charge on any atom is -0.480 e. The van der Waals surface area contributed by atoms with Gasteiger partial charge in [-0.1, -0.05) is 0 Å². The van der Waals surface area contributed by atoms with Crippen LogP contribution in [0, 0.1) is 5.92 Å². The number of hydrogen-bond acceptors (Lipinski definition) is 23. The molecule has 0 spiro atoms. The fourth-order valence-corrected chi connectivity index (χ4v) is 11.0. The summed E-state index contributed by atoms with van der Waals surface area (Å²) in [7, 11) is 0. The minimum absolute atomic E-state index is 0.0154. The van der Waals surface area contributed by atoms with Gasteiger partial charge >= 0.3 is 23.9 Å². The van der Waals surface area contributed by atoms with Crippen molar-refractivity contribution in [2.75, 3.05) is 98.2 Å². The number of amides is 13. The van der Waals surface area contributed by atoms with Crippen LogP contribution in [0.15, 0.2) is 25.0 Å². The minimum atomic E-state index is -1.63. The molecule has 13 amide bonds. The van der Waals surface area contributed by atoms with E-state index in [1.807, 2.05) is 0 Å². The normalized spacial score (nSPS) is 14.7. The molecule has 1 fully saturated rings. The van der Waals surface area contributed by atoms with E-state index in [9.17, 15) is 107 Å². The fraction of sp³-hybridized carbons (Fsp3) is 0.646. The summed E-state index contributed by atoms with van der Waals surface area (Å²) in [6.07, 6.45) is 7.14. The number of hydrogen-bond donors (Lipinski definition) is 20. The molecule has 1 saturated carbocycles. The number of carbonyl (C=O) groups excluding carboxylic acids is 13. The van der Waals surface area contributed by atoms with Gasteiger partial charge in [-0.15, -0.1) is 0 Å². The van der Waals surface area contributed by atoms with Gasteiger partial charge in [0, 0.05) is 121 Å². The highest BCUT2D eigenvalue weighted by Crippen LogP contribution is 2.28. The third-order valence-electron chi connectivity index (χ3n) is 16.7. The molecule has 0 aliphatic heterocycles. The summed E-state index contributed by atoms with van der Waals surface area (Å²) in [5.74, 6) is -15.5. The molecule has 5 unspecified atom stereocenters. The Morgan fingerprint density at radius 1 is 0.439 bits per heavy atom. The second-order valence-electron chi connectivity index (χ2n) is 25.7. The number of carboxylic acids is 4. The number of aliphatic hydroxyl groups excluding tert-OH is 1. The molecule has 3 rings (SSSR count). The van der Waals surface area contributed by atoms with Gasteiger partial charge in [0.05, 0.1) is 64.6 Å². The fourth-order valence-electron chi connectivity index (χ4n) is 11.0. The van der Waals surface area contributed by atoms with E-state index < -0.39 is 177 Å². The number of nitrogens with two attached hydrogens (primary N) is 2. The van der Waals surface area contributed by atoms with Crippen LogP contribution in [0.2, 0.25) is 0 Å². The number of rotatable bonds is 57. The van der Waals surface area contributed by atoms with Crippen LogP contribution >= 0.6 is 0 Å². The molecule has 1 aliphatic carbocycles. The number of carboxylic acid groups (broad SMARTS) is 4. The lowest BCUT2D eigenvalue weighted by Crippen LogP contribution is -2.59. The van der Waals surface area contributed by atoms with E-state index in [1.54, 1.807) is 12.4 Å². The molecule has 2 aromatic rings. The molecular weight excluding hydrogens is 1410 g/mol. The number of unbranched alkanes of at least 4 members (excludes halogenated alkanes) is 2. The second-order valence-corrected chi connectivity index (χ2v) is 25.7. The van der Waals surface area contributed by atoms with E-state index in [4.69, 9.17) is 11.5 Å². The first kappa shape index (κ1) is 90.5. The zero-order valence-electron chi connectivity index (χ0n) is 60.0. The van der Waals surface area contributed by atoms with Crippen molar-refractivity contribution in [2.45, 2.75) is 165 Å². The standard InChI is InChI=1S/C65H104N20O22/c1-40(78-63(105)47(12-13-49(66)87)79-56(94)33-84(35-58(97)98)26-24-83(34-57(95)96)25-27-85(36-59(99)100)37-60(101)102)62(104)81-46(7-3-5-21-71-55(93)32-75-53(91)17-15-51(89)73-23-19-43-30-69-39-77-43)64(106)82-48(28-41-8-10-44(86)11-9-41)65(107)80-45(61(67)103)6-2-4-20-70-54(92)31-74-52(90)16-14-50(88)72-22-18-42-29-68-38-76-42/h29-30,38-41,44-48,86H,2-28,31-37H2,1H3,(H2,66,87)(H2,67,103)(H,68,76)(H,69,77)(H,70,92)(H,71,93)(H,72,88)(H,73,89)(H,74,90)(H,75,91)(H,78,105)(H,79,94)(H,80,107)(H,81,104)(H,82,106)(H,95,96)(H,97,98)(H,99,100)(H,101,102). The van der Waals surface area contributed by atoms with Gasteiger partial charge in [0.15, 0.2) is 0 Å². The Balaban J connectivity index is 1.75. The zero-order chi connectivity index (χ0) is 79.2. The average Bonchev–Trinajstić information content (AvgIpc) is 1.73. The van der Waals surface area contributed by atoms with Gasteiger partial charge in [-0.2, -0.15) is 0 Å². The van der Waals surface area contributed by atoms with Crippen LogP contribution in [0.1, 0.15) is 127 Å². The monoisotopic (exact) mass is 1520 g/mol. The summed E-state index contributed by atoms with van der Waals surface area (Å²) in [5, 5.41) is 76.3. The third-order valence-corrected chi connectivity index (χ3v) is 16.7. The summed E-state index contributed by atoms with van der Waals surface area (Å²) in [5.41, 5.74) is 12.8. The molecule has 22 N–H and O–H groups in total. The van der Waals surface area contributed by atoms with Gasteiger partial charge in [0.2, 0.25) is 76.8 Å². The first-order chi connectivity index (χ1) is 50.8. The number of aromatic amines is 2. The number of nitrogens with zero attached hydrogens (tertiary/aromatic N) is 5. The molecule has 0 radical (unpaired) electrons. The van der Waals surface area contributed by atoms with Crippen LogP contribution in [0.4, 0.5) is 0 Å². The molecule has 0 bridgehead atoms. The van der Waals surface area contributed by atoms with E-state index in [0.717, 1.165) is 21.2 Å². The molecular formula is C65H104N20O22. The quantitative estimate of drug-likeness (QED) is 0.0274. The van der Waals surface area contributed by atoms with Crippen molar-refractivity contribution in [2.24, 2.45) is 17.4 Å². The number of aliphatic carboxylic acids is 4. The number of H-pyrrole nitrogens is 2. The lowest BCUT2D eigenvalue weighted by molar-refractivity contribution is -0.143. The van der Waals surface area contributed by atoms with Crippen molar-refractivity contribution < 1.29 is 107 Å². The van der Waals surface area contributed by atoms with Gasteiger partial charge in [0.25, 0.3) is 0 Å². The smallest absolute Gasteiger partial charge is 0.317 e. The number of carbonyl (C=O) groups is 17. The van der Waals surface area contributed by atoms with Crippen LogP contribution in [0.3, 0.4) is 0 Å². The van der Waals surface area contributed by atoms with Gasteiger partial charge in [0.1, 0.15) is 30.2 Å². The van der Waals surface area contributed by atoms with Crippen molar-refractivity contribution in [1.82, 2.24) is 93.1 Å². The van der Waals surface area contributed by atoms with Gasteiger partial charge in [-0.25, -0.2) is 9.97 Å². The summed E-state index contributed by atoms with van der Waals surface area (Å²) >= 11 is 0. The maximum atomic E-state index is 14.6. The third kappa shape index (κ3) is 42.1. The van der Waals surface area contributed by atoms with E-state index >= 15 is 0 Å². The molecule has 2 aromatic heterocycles. The molecule has 0 saturated heterocycles. The molecule has 107 heavy (non-hydrogen) atoms. The number of nitrogens with one attached hydrogen (secondary N) is 13. The Morgan fingerprint density at radius 2 is 0.832 bits per heavy atom. The Labute approximate surface area is 616 Å². The van der Waals surface area contributed by atoms with Crippen LogP contribution < -0.4 is 70.0 Å². The van der Waals surface area contributed by atoms with E-state index in [1.165, 1.54) is 24.5 Å². The van der Waals surface area contributed by atoms with Gasteiger partial charge < -0.3 is 105 Å². The summed E-state index contributed by atoms with van der Waals surface area (Å²) in [6.45, 7) is -3.55. The average molecular weight is 1520 g/mol. The summed E-state index contributed by atoms with van der Waals surface area (Å²) in [4.78, 5) is 234. The van der Waals surface area contributed by atoms with E-state index in [2.05, 4.69) is 78.4 Å². The molecule has 0 aromatic carbocycles. The maximum absolute atomic E-state index is 14.6. The zero-order valence-corrected chi connectivity index (χ0v) is 60.0. The lowest BCUT2D eigenvalue weighted by Gasteiger charge is -2.30. The Morgan fingerprint density at radius 3 is 1.28 bits per heavy atom. The predicted molar refractivity (Wildman–Crippen MR) is 374 cm³/mol. The highest BCUT2D eigenvalue weighted by Gasteiger charge is 2.34. The Bertz CT molecular complexity index is 3230. The van der Waals surface area contributed by atoms with Gasteiger partial charge in [-0.05, 0) is 89.9 Å². The maximum Gasteiger partial charge on any atom is 0.317 e. The van der Waals surface area contributed by atoms with Crippen LogP contribution in [0.25, 0.3) is 0 Å². The SMILES string of the molecule is CC(NC(=O)C(CCC(N)=O)NC(=O)CN(CCN(CCN(CC(=O)O)CC(=O)O)CC(=O)O)CC(=O)O)C(=O)NC(CCCCNC(=O)CNC(=O)CCC(=O)NCCc1cnc[nH]1)C(=O)NC(CC1CCC(O)CC1)C(=O)NC(CCCCNC(=O)CNC(=O)CCC(=O)NCCc1cnc[nH]1)C(N)=O. The summed E-state index contributed by atoms with van der Waals surface area (Å²) < 4.78 is 0. The molecule has 596 valence electrons. The number of aromatic nitrogens is 4. The van der Waals surface area contributed by atoms with Crippen LogP contribution in [-0.4, -0.2) is 295 Å². The Kier molecular flexibility index (Phi) is 42.8. The largest absolute Gasteiger partial charge is 0.480 e. The first-order valence-corrected chi connectivity index (χ1v) is 35.2. The summed E-state index contributed by atoms with van der Waals surface area (Å²) in [6, 6.07) is -7.40. The van der Waals surface area contributed by atoms with Gasteiger partial charge in [-0.3, -0.25) is 96.2 Å². The van der Waals surface area contributed by atoms with Crippen LogP contribution in [-0.2, 0) is 94.3 Å². The van der Waals surface area contributed by atoms with Crippen molar-refractivity contribution >= 4 is 101 Å². The van der Waals surface area contributed by atoms with Crippen molar-refractivity contribution in [3.8, 4) is 0 Å². The Hall–Kier alpha value is -10.8. The number of aliphatic hydroxyl groups is 1. The lowest BCUT2D eigenvalue weighted by atomic mass is 9.83. The highest BCUT2D eigenvalue weighted by atomic mass is 16.4. The van der Waals surface area contributed by atoms with Crippen molar-refractivity contribution in [3.05, 3.63) is 36.4 Å². The first-order valence-electron chi connectivity index (χ1n) is 35.2. The molecule has 1 aliphatic rings. The molecule has 2 heterocycles. The number of imidazole rings is 2. The molecule has 5 atom stereocenters. The highest BCUT2D eigenvalue weighted by molar-refractivity contribution is 5.97. The van der Waals surface area contributed by atoms with E-state index in [-0.39, 0.29) is 134 Å². The number of primary amides is 2. The topological polar surface area (TPSA) is 643 Å². The predicted octanol–water partition coefficient (Wildman–Crippen LogP) is -7.10. The van der Waals surface area contributed by atoms with E-state index in [0.29, 0.717) is 51.6 Å². The second kappa shape index (κ2) is 50.6. The van der Waals surface area contributed by atoms with Crippen molar-refractivity contribution in [3.63, 3.8) is 0 Å². The van der Waals surface area contributed by atoms with Crippen LogP contribution in [0.5, 0.6) is 0 Å². The van der Waals surface area contributed by atoms with Crippen molar-refractivity contribution in [1.29, 1.82) is 0 Å². The molecule has 42 nitrogen and oxygen atoms in total.